The lowest BCUT2D eigenvalue weighted by molar-refractivity contribution is -0.139. The van der Waals surface area contributed by atoms with E-state index in [1.165, 1.54) is 11.3 Å². The minimum Gasteiger partial charge on any atom is -0.489 e. The van der Waals surface area contributed by atoms with E-state index in [-0.39, 0.29) is 17.7 Å². The Kier molecular flexibility index (Phi) is 10.0. The van der Waals surface area contributed by atoms with Gasteiger partial charge in [0.05, 0.1) is 18.3 Å². The van der Waals surface area contributed by atoms with Crippen molar-refractivity contribution in [2.24, 2.45) is 5.92 Å². The molecule has 0 unspecified atom stereocenters. The quantitative estimate of drug-likeness (QED) is 0.119. The molecule has 2 aromatic carbocycles. The highest BCUT2D eigenvalue weighted by Gasteiger charge is 2.35. The summed E-state index contributed by atoms with van der Waals surface area (Å²) in [4.78, 5) is 41.8. The first-order valence-corrected chi connectivity index (χ1v) is 14.3. The smallest absolute Gasteiger partial charge is 0.333 e. The lowest BCUT2D eigenvalue weighted by atomic mass is 10.1. The Balaban J connectivity index is 1.47. The predicted octanol–water partition coefficient (Wildman–Crippen LogP) is 6.01. The molecule has 40 heavy (non-hydrogen) atoms. The number of hydrogen-bond donors (Lipinski definition) is 1. The number of carbonyl (C=O) groups is 3. The number of allylic oxidation sites excluding steroid dienone is 2. The molecular formula is C32H34N2O5S. The number of ether oxygens (including phenoxy) is 2. The molecule has 1 aliphatic rings. The van der Waals surface area contributed by atoms with E-state index in [9.17, 15) is 14.4 Å². The molecule has 1 saturated carbocycles. The van der Waals surface area contributed by atoms with E-state index in [2.05, 4.69) is 5.32 Å². The predicted molar refractivity (Wildman–Crippen MR) is 156 cm³/mol. The number of nitrogens with one attached hydrogen (secondary N) is 1. The molecule has 208 valence electrons. The Morgan fingerprint density at radius 2 is 1.77 bits per heavy atom. The Bertz CT molecular complexity index is 1390. The van der Waals surface area contributed by atoms with Crippen molar-refractivity contribution in [1.29, 1.82) is 0 Å². The SMILES string of the molecule is CCOC(=O)/C(C)=C\C(C)=C\c1csc([C@H](Cc2ccc(OCc3ccccc3)cc2)NC(=O)C(=O)C2CC2)n1. The summed E-state index contributed by atoms with van der Waals surface area (Å²) in [5, 5.41) is 5.52. The third-order valence-corrected chi connectivity index (χ3v) is 7.32. The van der Waals surface area contributed by atoms with Gasteiger partial charge in [0.15, 0.2) is 0 Å². The normalized spacial score (nSPS) is 14.4. The number of esters is 1. The summed E-state index contributed by atoms with van der Waals surface area (Å²) in [5.41, 5.74) is 4.13. The molecule has 1 aliphatic carbocycles. The van der Waals surface area contributed by atoms with Crippen LogP contribution in [0, 0.1) is 5.92 Å². The largest absolute Gasteiger partial charge is 0.489 e. The van der Waals surface area contributed by atoms with E-state index >= 15 is 0 Å². The van der Waals surface area contributed by atoms with Gasteiger partial charge in [-0.3, -0.25) is 9.59 Å². The van der Waals surface area contributed by atoms with Gasteiger partial charge in [0.25, 0.3) is 5.91 Å². The topological polar surface area (TPSA) is 94.6 Å². The number of hydrogen-bond acceptors (Lipinski definition) is 7. The van der Waals surface area contributed by atoms with Crippen LogP contribution in [0.2, 0.25) is 0 Å². The van der Waals surface area contributed by atoms with Crippen LogP contribution in [0.25, 0.3) is 6.08 Å². The van der Waals surface area contributed by atoms with Crippen LogP contribution in [0.4, 0.5) is 0 Å². The first-order chi connectivity index (χ1) is 19.3. The molecule has 0 saturated heterocycles. The Morgan fingerprint density at radius 3 is 2.45 bits per heavy atom. The van der Waals surface area contributed by atoms with Crippen LogP contribution < -0.4 is 10.1 Å². The van der Waals surface area contributed by atoms with Gasteiger partial charge in [-0.15, -0.1) is 11.3 Å². The van der Waals surface area contributed by atoms with Crippen LogP contribution in [0.1, 0.15) is 61.5 Å². The molecule has 0 bridgehead atoms. The lowest BCUT2D eigenvalue weighted by Gasteiger charge is -2.17. The fourth-order valence-electron chi connectivity index (χ4n) is 4.11. The highest BCUT2D eigenvalue weighted by atomic mass is 32.1. The van der Waals surface area contributed by atoms with Gasteiger partial charge in [0.1, 0.15) is 17.4 Å². The molecule has 0 spiro atoms. The second-order valence-electron chi connectivity index (χ2n) is 9.83. The van der Waals surface area contributed by atoms with Crippen LogP contribution in [0.15, 0.2) is 77.2 Å². The second-order valence-corrected chi connectivity index (χ2v) is 10.7. The van der Waals surface area contributed by atoms with Crippen molar-refractivity contribution in [3.63, 3.8) is 0 Å². The number of aromatic nitrogens is 1. The molecule has 4 rings (SSSR count). The summed E-state index contributed by atoms with van der Waals surface area (Å²) in [5.74, 6) is -0.684. The zero-order valence-electron chi connectivity index (χ0n) is 23.0. The van der Waals surface area contributed by atoms with Gasteiger partial charge in [0.2, 0.25) is 5.78 Å². The molecule has 1 fully saturated rings. The van der Waals surface area contributed by atoms with Gasteiger partial charge in [-0.1, -0.05) is 42.5 Å². The maximum absolute atomic E-state index is 12.7. The number of thiazole rings is 1. The van der Waals surface area contributed by atoms with Crippen LogP contribution in [0.5, 0.6) is 5.75 Å². The van der Waals surface area contributed by atoms with Crippen LogP contribution in [0.3, 0.4) is 0 Å². The first-order valence-electron chi connectivity index (χ1n) is 13.4. The minimum atomic E-state index is -0.563. The molecular weight excluding hydrogens is 524 g/mol. The van der Waals surface area contributed by atoms with Crippen molar-refractivity contribution in [3.8, 4) is 5.75 Å². The summed E-state index contributed by atoms with van der Waals surface area (Å²) in [7, 11) is 0. The number of rotatable bonds is 13. The molecule has 8 heteroatoms. The van der Waals surface area contributed by atoms with Crippen molar-refractivity contribution >= 4 is 35.1 Å². The third-order valence-electron chi connectivity index (χ3n) is 6.34. The molecule has 1 amide bonds. The number of carbonyl (C=O) groups excluding carboxylic acids is 3. The summed E-state index contributed by atoms with van der Waals surface area (Å²) >= 11 is 1.42. The van der Waals surface area contributed by atoms with Gasteiger partial charge in [-0.05, 0) is 81.0 Å². The summed E-state index contributed by atoms with van der Waals surface area (Å²) in [6, 6.07) is 17.2. The Morgan fingerprint density at radius 1 is 1.05 bits per heavy atom. The fourth-order valence-corrected chi connectivity index (χ4v) is 4.93. The van der Waals surface area contributed by atoms with Crippen molar-refractivity contribution < 1.29 is 23.9 Å². The van der Waals surface area contributed by atoms with Crippen molar-refractivity contribution in [2.45, 2.75) is 52.7 Å². The highest BCUT2D eigenvalue weighted by Crippen LogP contribution is 2.31. The maximum atomic E-state index is 12.7. The number of benzene rings is 2. The van der Waals surface area contributed by atoms with Gasteiger partial charge in [-0.25, -0.2) is 9.78 Å². The average Bonchev–Trinajstić information content (AvgIpc) is 3.70. The molecule has 3 aromatic rings. The zero-order valence-corrected chi connectivity index (χ0v) is 23.8. The van der Waals surface area contributed by atoms with Crippen LogP contribution in [-0.2, 0) is 32.1 Å². The number of amides is 1. The standard InChI is InChI=1S/C32H34N2O5S/c1-4-38-32(37)22(3)16-21(2)17-26-20-40-31(33-26)28(34-30(36)29(35)25-12-13-25)18-23-10-14-27(15-11-23)39-19-24-8-6-5-7-9-24/h5-11,14-17,20,25,28H,4,12-13,18-19H2,1-3H3,(H,34,36)/b21-17+,22-16-/t28-/m0/s1. The molecule has 1 N–H and O–H groups in total. The lowest BCUT2D eigenvalue weighted by Crippen LogP contribution is -2.36. The Labute approximate surface area is 238 Å². The van der Waals surface area contributed by atoms with E-state index < -0.39 is 11.9 Å². The van der Waals surface area contributed by atoms with E-state index in [4.69, 9.17) is 14.5 Å². The molecule has 1 aromatic heterocycles. The summed E-state index contributed by atoms with van der Waals surface area (Å²) < 4.78 is 10.9. The molecule has 7 nitrogen and oxygen atoms in total. The second kappa shape index (κ2) is 13.8. The monoisotopic (exact) mass is 558 g/mol. The molecule has 1 atom stereocenters. The van der Waals surface area contributed by atoms with Crippen molar-refractivity contribution in [2.75, 3.05) is 6.61 Å². The van der Waals surface area contributed by atoms with E-state index in [1.807, 2.05) is 73.0 Å². The Hall–Kier alpha value is -4.04. The van der Waals surface area contributed by atoms with E-state index in [0.29, 0.717) is 35.9 Å². The van der Waals surface area contributed by atoms with Gasteiger partial charge in [-0.2, -0.15) is 0 Å². The van der Waals surface area contributed by atoms with Gasteiger partial charge < -0.3 is 14.8 Å². The van der Waals surface area contributed by atoms with Gasteiger partial charge in [0, 0.05) is 16.9 Å². The van der Waals surface area contributed by atoms with Crippen LogP contribution >= 0.6 is 11.3 Å². The molecule has 0 aliphatic heterocycles. The zero-order chi connectivity index (χ0) is 28.5. The third kappa shape index (κ3) is 8.48. The van der Waals surface area contributed by atoms with E-state index in [0.717, 1.165) is 35.3 Å². The maximum Gasteiger partial charge on any atom is 0.333 e. The minimum absolute atomic E-state index is 0.159. The van der Waals surface area contributed by atoms with Gasteiger partial charge >= 0.3 is 5.97 Å². The number of Topliss-reactive ketones (excluding diaryl/α,β-unsaturated/α-hetero) is 1. The molecule has 0 radical (unpaired) electrons. The van der Waals surface area contributed by atoms with Crippen molar-refractivity contribution in [3.05, 3.63) is 99.0 Å². The van der Waals surface area contributed by atoms with Crippen molar-refractivity contribution in [1.82, 2.24) is 10.3 Å². The highest BCUT2D eigenvalue weighted by molar-refractivity contribution is 7.09. The first kappa shape index (κ1) is 29.0. The number of ketones is 1. The van der Waals surface area contributed by atoms with E-state index in [1.54, 1.807) is 19.9 Å². The summed E-state index contributed by atoms with van der Waals surface area (Å²) in [6.45, 7) is 6.17. The molecule has 1 heterocycles. The van der Waals surface area contributed by atoms with Crippen LogP contribution in [-0.4, -0.2) is 29.3 Å². The summed E-state index contributed by atoms with van der Waals surface area (Å²) in [6.07, 6.45) is 5.64. The number of nitrogens with zero attached hydrogens (tertiary/aromatic N) is 1. The average molecular weight is 559 g/mol. The fraction of sp³-hybridized carbons (Fsp3) is 0.312.